The Hall–Kier alpha value is -3.89. The van der Waals surface area contributed by atoms with Crippen LogP contribution in [0.4, 0.5) is 0 Å². The Labute approximate surface area is 187 Å². The number of hydrogen-bond acceptors (Lipinski definition) is 4. The molecule has 4 aromatic rings. The Morgan fingerprint density at radius 1 is 1.03 bits per heavy atom. The van der Waals surface area contributed by atoms with E-state index in [0.29, 0.717) is 34.4 Å². The van der Waals surface area contributed by atoms with Gasteiger partial charge in [0.1, 0.15) is 5.69 Å². The number of nitrogens with zero attached hydrogens (tertiary/aromatic N) is 2. The van der Waals surface area contributed by atoms with Gasteiger partial charge in [0.25, 0.3) is 15.9 Å². The third kappa shape index (κ3) is 4.13. The fourth-order valence-corrected chi connectivity index (χ4v) is 4.72. The van der Waals surface area contributed by atoms with Crippen molar-refractivity contribution in [1.82, 2.24) is 14.3 Å². The van der Waals surface area contributed by atoms with E-state index in [0.717, 1.165) is 5.56 Å². The Kier molecular flexibility index (Phi) is 5.80. The van der Waals surface area contributed by atoms with Crippen LogP contribution in [0, 0.1) is 18.8 Å². The Balaban J connectivity index is 1.83. The molecule has 0 spiro atoms. The molecule has 160 valence electrons. The number of fused-ring (bicyclic) bond motifs is 1. The highest BCUT2D eigenvalue weighted by molar-refractivity contribution is 7.90. The average molecular weight is 444 g/mol. The summed E-state index contributed by atoms with van der Waals surface area (Å²) in [6, 6.07) is 18.8. The van der Waals surface area contributed by atoms with Crippen molar-refractivity contribution in [3.05, 3.63) is 95.3 Å². The van der Waals surface area contributed by atoms with Crippen molar-refractivity contribution < 1.29 is 13.2 Å². The number of carbonyl (C=O) groups is 1. The molecule has 0 bridgehead atoms. The van der Waals surface area contributed by atoms with E-state index in [1.54, 1.807) is 72.9 Å². The van der Waals surface area contributed by atoms with Crippen LogP contribution < -0.4 is 5.32 Å². The summed E-state index contributed by atoms with van der Waals surface area (Å²) in [7, 11) is -3.92. The molecule has 6 nitrogen and oxygen atoms in total. The summed E-state index contributed by atoms with van der Waals surface area (Å²) in [5, 5.41) is 3.42. The van der Waals surface area contributed by atoms with E-state index in [1.165, 1.54) is 3.97 Å². The Bertz CT molecular complexity index is 1470. The second-order valence-electron chi connectivity index (χ2n) is 7.22. The van der Waals surface area contributed by atoms with E-state index >= 15 is 0 Å². The standard InChI is InChI=1S/C25H21N3O3S/c1-3-26-25(29)21-7-4-6-19(16-21)11-12-22-17-20-8-5-15-27-24(20)28(22)32(30,31)23-13-9-18(2)10-14-23/h4-10,13-17H,3H2,1-2H3,(H,26,29). The van der Waals surface area contributed by atoms with Crippen LogP contribution >= 0.6 is 0 Å². The molecule has 2 heterocycles. The van der Waals surface area contributed by atoms with Gasteiger partial charge in [-0.25, -0.2) is 17.4 Å². The van der Waals surface area contributed by atoms with Gasteiger partial charge in [0.15, 0.2) is 5.65 Å². The molecule has 0 radical (unpaired) electrons. The summed E-state index contributed by atoms with van der Waals surface area (Å²) in [5.41, 5.74) is 2.67. The van der Waals surface area contributed by atoms with Crippen molar-refractivity contribution in [1.29, 1.82) is 0 Å². The minimum atomic E-state index is -3.92. The predicted molar refractivity (Wildman–Crippen MR) is 124 cm³/mol. The monoisotopic (exact) mass is 443 g/mol. The molecular weight excluding hydrogens is 422 g/mol. The summed E-state index contributed by atoms with van der Waals surface area (Å²) in [6.07, 6.45) is 1.55. The maximum atomic E-state index is 13.5. The lowest BCUT2D eigenvalue weighted by Crippen LogP contribution is -2.22. The van der Waals surface area contributed by atoms with E-state index in [4.69, 9.17) is 0 Å². The molecule has 4 rings (SSSR count). The van der Waals surface area contributed by atoms with Crippen LogP contribution in [0.15, 0.2) is 77.8 Å². The molecule has 2 aromatic carbocycles. The fraction of sp³-hybridized carbons (Fsp3) is 0.120. The van der Waals surface area contributed by atoms with Crippen molar-refractivity contribution in [2.24, 2.45) is 0 Å². The molecular formula is C25H21N3O3S. The van der Waals surface area contributed by atoms with Crippen LogP contribution in [0.3, 0.4) is 0 Å². The lowest BCUT2D eigenvalue weighted by Gasteiger charge is -2.09. The molecule has 1 amide bonds. The molecule has 7 heteroatoms. The highest BCUT2D eigenvalue weighted by Crippen LogP contribution is 2.24. The van der Waals surface area contributed by atoms with Crippen LogP contribution in [0.5, 0.6) is 0 Å². The molecule has 0 atom stereocenters. The number of benzene rings is 2. The molecule has 0 saturated carbocycles. The van der Waals surface area contributed by atoms with Crippen LogP contribution in [-0.2, 0) is 10.0 Å². The number of carbonyl (C=O) groups excluding carboxylic acids is 1. The summed E-state index contributed by atoms with van der Waals surface area (Å²) in [4.78, 5) is 16.6. The van der Waals surface area contributed by atoms with Gasteiger partial charge in [-0.3, -0.25) is 4.79 Å². The Morgan fingerprint density at radius 3 is 2.56 bits per heavy atom. The third-order valence-corrected chi connectivity index (χ3v) is 6.59. The largest absolute Gasteiger partial charge is 0.352 e. The molecule has 0 fully saturated rings. The van der Waals surface area contributed by atoms with Crippen molar-refractivity contribution in [3.63, 3.8) is 0 Å². The van der Waals surface area contributed by atoms with Gasteiger partial charge in [-0.2, -0.15) is 0 Å². The molecule has 2 aromatic heterocycles. The van der Waals surface area contributed by atoms with Gasteiger partial charge in [-0.05, 0) is 68.3 Å². The Morgan fingerprint density at radius 2 is 1.81 bits per heavy atom. The highest BCUT2D eigenvalue weighted by Gasteiger charge is 2.23. The predicted octanol–water partition coefficient (Wildman–Crippen LogP) is 3.73. The number of aryl methyl sites for hydroxylation is 1. The lowest BCUT2D eigenvalue weighted by atomic mass is 10.1. The zero-order chi connectivity index (χ0) is 22.7. The van der Waals surface area contributed by atoms with Gasteiger partial charge in [0.2, 0.25) is 0 Å². The van der Waals surface area contributed by atoms with E-state index in [9.17, 15) is 13.2 Å². The smallest absolute Gasteiger partial charge is 0.270 e. The summed E-state index contributed by atoms with van der Waals surface area (Å²) >= 11 is 0. The second-order valence-corrected chi connectivity index (χ2v) is 9.01. The van der Waals surface area contributed by atoms with E-state index in [1.807, 2.05) is 13.8 Å². The van der Waals surface area contributed by atoms with Crippen molar-refractivity contribution in [2.75, 3.05) is 6.54 Å². The number of nitrogens with one attached hydrogen (secondary N) is 1. The minimum absolute atomic E-state index is 0.160. The topological polar surface area (TPSA) is 81.1 Å². The van der Waals surface area contributed by atoms with Crippen molar-refractivity contribution >= 4 is 27.0 Å². The normalized spacial score (nSPS) is 11.1. The molecule has 0 saturated heterocycles. The maximum Gasteiger partial charge on any atom is 0.270 e. The van der Waals surface area contributed by atoms with E-state index in [-0.39, 0.29) is 10.8 Å². The summed E-state index contributed by atoms with van der Waals surface area (Å²) in [6.45, 7) is 4.27. The number of rotatable bonds is 4. The van der Waals surface area contributed by atoms with Gasteiger partial charge in [0, 0.05) is 29.3 Å². The van der Waals surface area contributed by atoms with Crippen molar-refractivity contribution in [2.45, 2.75) is 18.7 Å². The van der Waals surface area contributed by atoms with Crippen LogP contribution in [0.2, 0.25) is 0 Å². The van der Waals surface area contributed by atoms with Gasteiger partial charge < -0.3 is 5.32 Å². The van der Waals surface area contributed by atoms with Gasteiger partial charge in [-0.15, -0.1) is 0 Å². The molecule has 32 heavy (non-hydrogen) atoms. The van der Waals surface area contributed by atoms with Gasteiger partial charge in [-0.1, -0.05) is 29.7 Å². The van der Waals surface area contributed by atoms with E-state index < -0.39 is 10.0 Å². The average Bonchev–Trinajstić information content (AvgIpc) is 3.17. The zero-order valence-corrected chi connectivity index (χ0v) is 18.5. The zero-order valence-electron chi connectivity index (χ0n) is 17.7. The number of aromatic nitrogens is 2. The lowest BCUT2D eigenvalue weighted by molar-refractivity contribution is 0.0955. The highest BCUT2D eigenvalue weighted by atomic mass is 32.2. The first-order valence-corrected chi connectivity index (χ1v) is 11.5. The van der Waals surface area contributed by atoms with Crippen LogP contribution in [0.1, 0.15) is 34.1 Å². The quantitative estimate of drug-likeness (QED) is 0.488. The van der Waals surface area contributed by atoms with Gasteiger partial charge in [0.05, 0.1) is 4.90 Å². The number of hydrogen-bond donors (Lipinski definition) is 1. The fourth-order valence-electron chi connectivity index (χ4n) is 3.29. The SMILES string of the molecule is CCNC(=O)c1cccc(C#Cc2cc3cccnc3n2S(=O)(=O)c2ccc(C)cc2)c1. The third-order valence-electron chi connectivity index (χ3n) is 4.88. The summed E-state index contributed by atoms with van der Waals surface area (Å²) in [5.74, 6) is 5.77. The number of pyridine rings is 1. The molecule has 0 aliphatic carbocycles. The van der Waals surface area contributed by atoms with Crippen molar-refractivity contribution in [3.8, 4) is 11.8 Å². The first kappa shape index (κ1) is 21.3. The van der Waals surface area contributed by atoms with Crippen LogP contribution in [0.25, 0.3) is 11.0 Å². The van der Waals surface area contributed by atoms with E-state index in [2.05, 4.69) is 22.1 Å². The molecule has 0 unspecified atom stereocenters. The first-order chi connectivity index (χ1) is 15.4. The second kappa shape index (κ2) is 8.69. The summed E-state index contributed by atoms with van der Waals surface area (Å²) < 4.78 is 28.1. The molecule has 0 aliphatic heterocycles. The van der Waals surface area contributed by atoms with Gasteiger partial charge >= 0.3 is 0 Å². The maximum absolute atomic E-state index is 13.5. The van der Waals surface area contributed by atoms with Crippen LogP contribution in [-0.4, -0.2) is 29.8 Å². The molecule has 0 aliphatic rings. The minimum Gasteiger partial charge on any atom is -0.352 e. The number of amides is 1. The first-order valence-electron chi connectivity index (χ1n) is 10.1. The molecule has 1 N–H and O–H groups in total.